The zero-order chi connectivity index (χ0) is 14.5. The number of rotatable bonds is 5. The van der Waals surface area contributed by atoms with Crippen LogP contribution in [0.1, 0.15) is 22.5 Å². The van der Waals surface area contributed by atoms with Crippen LogP contribution in [0.25, 0.3) is 11.3 Å². The summed E-state index contributed by atoms with van der Waals surface area (Å²) in [5, 5.41) is 0. The van der Waals surface area contributed by atoms with Gasteiger partial charge in [0.05, 0.1) is 0 Å². The van der Waals surface area contributed by atoms with Gasteiger partial charge in [-0.05, 0) is 24.3 Å². The fourth-order valence-corrected chi connectivity index (χ4v) is 1.90. The lowest BCUT2D eigenvalue weighted by Crippen LogP contribution is -2.21. The highest BCUT2D eigenvalue weighted by molar-refractivity contribution is 5.94. The van der Waals surface area contributed by atoms with E-state index in [0.717, 1.165) is 23.4 Å². The second-order valence-electron chi connectivity index (χ2n) is 4.75. The van der Waals surface area contributed by atoms with Gasteiger partial charge in [-0.15, -0.1) is 0 Å². The number of aldehydes is 1. The molecule has 2 aromatic rings. The average Bonchev–Trinajstić information content (AvgIpc) is 2.93. The quantitative estimate of drug-likeness (QED) is 0.786. The number of hydrogen-bond donors (Lipinski definition) is 0. The Bertz CT molecular complexity index is 596. The summed E-state index contributed by atoms with van der Waals surface area (Å²) in [4.78, 5) is 23.7. The van der Waals surface area contributed by atoms with Crippen LogP contribution < -0.4 is 0 Å². The van der Waals surface area contributed by atoms with Crippen LogP contribution in [0.4, 0.5) is 0 Å². The molecule has 0 spiro atoms. The van der Waals surface area contributed by atoms with Crippen LogP contribution >= 0.6 is 0 Å². The van der Waals surface area contributed by atoms with E-state index in [-0.39, 0.29) is 5.91 Å². The fraction of sp³-hybridized carbons (Fsp3) is 0.250. The Morgan fingerprint density at radius 1 is 1.15 bits per heavy atom. The van der Waals surface area contributed by atoms with E-state index >= 15 is 0 Å². The molecule has 0 aliphatic heterocycles. The third kappa shape index (κ3) is 3.15. The summed E-state index contributed by atoms with van der Waals surface area (Å²) in [6, 6.07) is 11.0. The van der Waals surface area contributed by atoms with Crippen molar-refractivity contribution in [3.8, 4) is 11.3 Å². The first kappa shape index (κ1) is 14.1. The molecule has 0 fully saturated rings. The summed E-state index contributed by atoms with van der Waals surface area (Å²) in [6.45, 7) is 0. The van der Waals surface area contributed by atoms with Crippen molar-refractivity contribution < 1.29 is 14.0 Å². The summed E-state index contributed by atoms with van der Waals surface area (Å²) in [5.74, 6) is 1.51. The minimum atomic E-state index is -0.0253. The molecule has 0 atom stereocenters. The molecule has 2 rings (SSSR count). The number of carbonyl (C=O) groups excluding carboxylic acids is 2. The van der Waals surface area contributed by atoms with Crippen molar-refractivity contribution in [2.24, 2.45) is 0 Å². The van der Waals surface area contributed by atoms with E-state index in [0.29, 0.717) is 18.4 Å². The largest absolute Gasteiger partial charge is 0.461 e. The van der Waals surface area contributed by atoms with E-state index in [1.165, 1.54) is 0 Å². The van der Waals surface area contributed by atoms with E-state index in [4.69, 9.17) is 4.42 Å². The highest BCUT2D eigenvalue weighted by Gasteiger charge is 2.09. The van der Waals surface area contributed by atoms with Gasteiger partial charge in [0.2, 0.25) is 0 Å². The zero-order valence-electron chi connectivity index (χ0n) is 11.6. The third-order valence-corrected chi connectivity index (χ3v) is 2.99. The molecule has 4 heteroatoms. The van der Waals surface area contributed by atoms with Gasteiger partial charge in [0.1, 0.15) is 17.8 Å². The highest BCUT2D eigenvalue weighted by atomic mass is 16.3. The number of aryl methyl sites for hydroxylation is 1. The summed E-state index contributed by atoms with van der Waals surface area (Å²) in [7, 11) is 3.45. The van der Waals surface area contributed by atoms with Gasteiger partial charge in [-0.2, -0.15) is 0 Å². The molecule has 0 bridgehead atoms. The maximum atomic E-state index is 11.8. The third-order valence-electron chi connectivity index (χ3n) is 2.99. The highest BCUT2D eigenvalue weighted by Crippen LogP contribution is 2.23. The van der Waals surface area contributed by atoms with Crippen molar-refractivity contribution in [1.82, 2.24) is 4.90 Å². The van der Waals surface area contributed by atoms with Crippen molar-refractivity contribution in [2.45, 2.75) is 12.8 Å². The van der Waals surface area contributed by atoms with Gasteiger partial charge in [0.15, 0.2) is 0 Å². The Morgan fingerprint density at radius 2 is 1.85 bits per heavy atom. The van der Waals surface area contributed by atoms with Crippen LogP contribution in [0.5, 0.6) is 0 Å². The number of nitrogens with zero attached hydrogens (tertiary/aromatic N) is 1. The average molecular weight is 271 g/mol. The van der Waals surface area contributed by atoms with Gasteiger partial charge in [-0.1, -0.05) is 12.1 Å². The van der Waals surface area contributed by atoms with Crippen LogP contribution in [-0.4, -0.2) is 31.2 Å². The van der Waals surface area contributed by atoms with Crippen LogP contribution in [0.3, 0.4) is 0 Å². The first-order chi connectivity index (χ1) is 9.61. The standard InChI is InChI=1S/C16H17NO3/c1-17(2)16(19)13-7-5-12(6-8-13)15-10-9-14(20-15)4-3-11-18/h5-11H,3-4H2,1-2H3. The van der Waals surface area contributed by atoms with E-state index < -0.39 is 0 Å². The molecule has 104 valence electrons. The zero-order valence-corrected chi connectivity index (χ0v) is 11.6. The van der Waals surface area contributed by atoms with Crippen molar-refractivity contribution in [2.75, 3.05) is 14.1 Å². The molecular weight excluding hydrogens is 254 g/mol. The fourth-order valence-electron chi connectivity index (χ4n) is 1.90. The Labute approximate surface area is 118 Å². The Hall–Kier alpha value is -2.36. The number of benzene rings is 1. The summed E-state index contributed by atoms with van der Waals surface area (Å²) >= 11 is 0. The van der Waals surface area contributed by atoms with Crippen LogP contribution in [0.2, 0.25) is 0 Å². The molecule has 1 heterocycles. The molecular formula is C16H17NO3. The van der Waals surface area contributed by atoms with Gasteiger partial charge in [0, 0.05) is 38.1 Å². The van der Waals surface area contributed by atoms with Crippen molar-refractivity contribution in [3.05, 3.63) is 47.7 Å². The minimum absolute atomic E-state index is 0.0253. The summed E-state index contributed by atoms with van der Waals surface area (Å²) < 4.78 is 5.67. The van der Waals surface area contributed by atoms with E-state index in [1.807, 2.05) is 24.3 Å². The second-order valence-corrected chi connectivity index (χ2v) is 4.75. The molecule has 0 N–H and O–H groups in total. The number of amides is 1. The van der Waals surface area contributed by atoms with Gasteiger partial charge in [-0.3, -0.25) is 4.79 Å². The van der Waals surface area contributed by atoms with Crippen molar-refractivity contribution >= 4 is 12.2 Å². The predicted molar refractivity (Wildman–Crippen MR) is 76.5 cm³/mol. The SMILES string of the molecule is CN(C)C(=O)c1ccc(-c2ccc(CCC=O)o2)cc1. The van der Waals surface area contributed by atoms with Gasteiger partial charge >= 0.3 is 0 Å². The Kier molecular flexibility index (Phi) is 4.35. The molecule has 0 aliphatic rings. The maximum absolute atomic E-state index is 11.8. The topological polar surface area (TPSA) is 50.5 Å². The number of furan rings is 1. The molecule has 1 aromatic carbocycles. The van der Waals surface area contributed by atoms with Crippen molar-refractivity contribution in [1.29, 1.82) is 0 Å². The number of carbonyl (C=O) groups is 2. The smallest absolute Gasteiger partial charge is 0.253 e. The lowest BCUT2D eigenvalue weighted by molar-refractivity contribution is -0.107. The first-order valence-corrected chi connectivity index (χ1v) is 6.46. The molecule has 0 unspecified atom stereocenters. The summed E-state index contributed by atoms with van der Waals surface area (Å²) in [5.41, 5.74) is 1.56. The minimum Gasteiger partial charge on any atom is -0.461 e. The maximum Gasteiger partial charge on any atom is 0.253 e. The van der Waals surface area contributed by atoms with E-state index in [1.54, 1.807) is 31.1 Å². The van der Waals surface area contributed by atoms with Gasteiger partial charge < -0.3 is 14.1 Å². The molecule has 0 radical (unpaired) electrons. The Morgan fingerprint density at radius 3 is 2.45 bits per heavy atom. The predicted octanol–water partition coefficient (Wildman–Crippen LogP) is 2.78. The van der Waals surface area contributed by atoms with Crippen LogP contribution in [0.15, 0.2) is 40.8 Å². The molecule has 1 amide bonds. The lowest BCUT2D eigenvalue weighted by Gasteiger charge is -2.10. The molecule has 0 saturated heterocycles. The normalized spacial score (nSPS) is 10.3. The van der Waals surface area contributed by atoms with E-state index in [2.05, 4.69) is 0 Å². The first-order valence-electron chi connectivity index (χ1n) is 6.46. The monoisotopic (exact) mass is 271 g/mol. The van der Waals surface area contributed by atoms with Crippen LogP contribution in [-0.2, 0) is 11.2 Å². The second kappa shape index (κ2) is 6.19. The van der Waals surface area contributed by atoms with Gasteiger partial charge in [-0.25, -0.2) is 0 Å². The summed E-state index contributed by atoms with van der Waals surface area (Å²) in [6.07, 6.45) is 1.95. The molecule has 1 aromatic heterocycles. The van der Waals surface area contributed by atoms with Crippen molar-refractivity contribution in [3.63, 3.8) is 0 Å². The Balaban J connectivity index is 2.15. The lowest BCUT2D eigenvalue weighted by atomic mass is 10.1. The molecule has 0 aliphatic carbocycles. The van der Waals surface area contributed by atoms with Gasteiger partial charge in [0.25, 0.3) is 5.91 Å². The van der Waals surface area contributed by atoms with Crippen LogP contribution in [0, 0.1) is 0 Å². The van der Waals surface area contributed by atoms with E-state index in [9.17, 15) is 9.59 Å². The number of hydrogen-bond acceptors (Lipinski definition) is 3. The molecule has 4 nitrogen and oxygen atoms in total. The molecule has 0 saturated carbocycles. The molecule has 20 heavy (non-hydrogen) atoms.